The molecule has 0 atom stereocenters. The number of hydrogen-bond donors (Lipinski definition) is 0. The molecule has 0 N–H and O–H groups in total. The molecule has 0 spiro atoms. The van der Waals surface area contributed by atoms with Crippen molar-refractivity contribution in [3.05, 3.63) is 29.8 Å². The molecule has 0 saturated heterocycles. The van der Waals surface area contributed by atoms with E-state index >= 15 is 0 Å². The molecule has 17 heavy (non-hydrogen) atoms. The zero-order chi connectivity index (χ0) is 12.7. The summed E-state index contributed by atoms with van der Waals surface area (Å²) < 4.78 is 0. The molecule has 0 aliphatic rings. The van der Waals surface area contributed by atoms with Gasteiger partial charge in [-0.15, -0.1) is 0 Å². The number of unbranched alkanes of at least 4 members (excludes halogenated alkanes) is 1. The van der Waals surface area contributed by atoms with Crippen molar-refractivity contribution in [1.82, 2.24) is 0 Å². The fourth-order valence-corrected chi connectivity index (χ4v) is 1.36. The fraction of sp³-hybridized carbons (Fsp3) is 0.429. The van der Waals surface area contributed by atoms with E-state index in [9.17, 15) is 4.79 Å². The standard InChI is InChI=1S/C14H19NO2/c1-4-5-6-11(2)15-17-14-9-7-13(8-10-14)12(3)16/h7-10H,4-6H2,1-3H3/b15-11+. The van der Waals surface area contributed by atoms with Gasteiger partial charge in [0, 0.05) is 5.56 Å². The molecule has 3 nitrogen and oxygen atoms in total. The second kappa shape index (κ2) is 6.84. The first kappa shape index (κ1) is 13.4. The molecule has 0 aliphatic carbocycles. The number of carbonyl (C=O) groups is 1. The van der Waals surface area contributed by atoms with E-state index in [0.29, 0.717) is 11.3 Å². The van der Waals surface area contributed by atoms with Crippen molar-refractivity contribution in [2.75, 3.05) is 0 Å². The van der Waals surface area contributed by atoms with Crippen molar-refractivity contribution in [1.29, 1.82) is 0 Å². The van der Waals surface area contributed by atoms with Crippen molar-refractivity contribution in [3.8, 4) is 5.75 Å². The molecule has 0 fully saturated rings. The largest absolute Gasteiger partial charge is 0.357 e. The molecule has 1 aromatic carbocycles. The SMILES string of the molecule is CCCC/C(C)=N/Oc1ccc(C(C)=O)cc1. The van der Waals surface area contributed by atoms with Crippen LogP contribution in [-0.4, -0.2) is 11.5 Å². The van der Waals surface area contributed by atoms with E-state index in [4.69, 9.17) is 4.84 Å². The van der Waals surface area contributed by atoms with Gasteiger partial charge < -0.3 is 4.84 Å². The zero-order valence-electron chi connectivity index (χ0n) is 10.7. The van der Waals surface area contributed by atoms with E-state index < -0.39 is 0 Å². The molecule has 0 saturated carbocycles. The van der Waals surface area contributed by atoms with Crippen LogP contribution in [0.5, 0.6) is 5.75 Å². The summed E-state index contributed by atoms with van der Waals surface area (Å²) in [4.78, 5) is 16.3. The molecule has 0 aliphatic heterocycles. The van der Waals surface area contributed by atoms with Crippen molar-refractivity contribution in [2.24, 2.45) is 5.16 Å². The Bertz CT molecular complexity index is 393. The summed E-state index contributed by atoms with van der Waals surface area (Å²) in [5.74, 6) is 0.713. The minimum absolute atomic E-state index is 0.0548. The molecule has 0 radical (unpaired) electrons. The van der Waals surface area contributed by atoms with Crippen LogP contribution >= 0.6 is 0 Å². The monoisotopic (exact) mass is 233 g/mol. The van der Waals surface area contributed by atoms with Crippen molar-refractivity contribution < 1.29 is 9.63 Å². The topological polar surface area (TPSA) is 38.7 Å². The third-order valence-electron chi connectivity index (χ3n) is 2.46. The van der Waals surface area contributed by atoms with E-state index in [1.807, 2.05) is 6.92 Å². The van der Waals surface area contributed by atoms with Crippen molar-refractivity contribution in [2.45, 2.75) is 40.0 Å². The molecule has 0 amide bonds. The minimum atomic E-state index is 0.0548. The Balaban J connectivity index is 2.54. The van der Waals surface area contributed by atoms with E-state index in [1.165, 1.54) is 0 Å². The van der Waals surface area contributed by atoms with Crippen molar-refractivity contribution >= 4 is 11.5 Å². The van der Waals surface area contributed by atoms with E-state index in [1.54, 1.807) is 31.2 Å². The Morgan fingerprint density at radius 1 is 1.24 bits per heavy atom. The number of hydrogen-bond acceptors (Lipinski definition) is 3. The Morgan fingerprint density at radius 3 is 2.41 bits per heavy atom. The second-order valence-corrected chi connectivity index (χ2v) is 4.10. The van der Waals surface area contributed by atoms with Gasteiger partial charge in [-0.2, -0.15) is 0 Å². The fourth-order valence-electron chi connectivity index (χ4n) is 1.36. The van der Waals surface area contributed by atoms with Gasteiger partial charge in [-0.05, 0) is 51.0 Å². The van der Waals surface area contributed by atoms with E-state index in [-0.39, 0.29) is 5.78 Å². The Morgan fingerprint density at radius 2 is 1.88 bits per heavy atom. The van der Waals surface area contributed by atoms with Gasteiger partial charge in [0.15, 0.2) is 11.5 Å². The number of oxime groups is 1. The predicted molar refractivity (Wildman–Crippen MR) is 69.7 cm³/mol. The van der Waals surface area contributed by atoms with Gasteiger partial charge >= 0.3 is 0 Å². The van der Waals surface area contributed by atoms with Crippen LogP contribution in [0.15, 0.2) is 29.4 Å². The summed E-state index contributed by atoms with van der Waals surface area (Å²) >= 11 is 0. The summed E-state index contributed by atoms with van der Waals surface area (Å²) in [5, 5.41) is 4.04. The molecule has 0 aromatic heterocycles. The molecule has 92 valence electrons. The average Bonchev–Trinajstić information content (AvgIpc) is 2.34. The van der Waals surface area contributed by atoms with Crippen LogP contribution in [0.3, 0.4) is 0 Å². The first-order valence-corrected chi connectivity index (χ1v) is 5.95. The highest BCUT2D eigenvalue weighted by molar-refractivity contribution is 5.94. The normalized spacial score (nSPS) is 11.4. The van der Waals surface area contributed by atoms with Crippen LogP contribution in [-0.2, 0) is 0 Å². The van der Waals surface area contributed by atoms with Gasteiger partial charge in [-0.1, -0.05) is 18.5 Å². The Hall–Kier alpha value is -1.64. The lowest BCUT2D eigenvalue weighted by Gasteiger charge is -2.02. The minimum Gasteiger partial charge on any atom is -0.357 e. The number of rotatable bonds is 6. The third-order valence-corrected chi connectivity index (χ3v) is 2.46. The molecule has 1 aromatic rings. The van der Waals surface area contributed by atoms with E-state index in [2.05, 4.69) is 12.1 Å². The third kappa shape index (κ3) is 4.81. The summed E-state index contributed by atoms with van der Waals surface area (Å²) in [6.45, 7) is 5.65. The van der Waals surface area contributed by atoms with Crippen LogP contribution in [0.25, 0.3) is 0 Å². The molecular formula is C14H19NO2. The maximum Gasteiger partial charge on any atom is 0.159 e. The molecule has 0 unspecified atom stereocenters. The van der Waals surface area contributed by atoms with Crippen molar-refractivity contribution in [3.63, 3.8) is 0 Å². The Kier molecular flexibility index (Phi) is 5.40. The quantitative estimate of drug-likeness (QED) is 0.425. The van der Waals surface area contributed by atoms with Crippen LogP contribution in [0.1, 0.15) is 50.4 Å². The van der Waals surface area contributed by atoms with Gasteiger partial charge in [-0.25, -0.2) is 0 Å². The second-order valence-electron chi connectivity index (χ2n) is 4.10. The zero-order valence-corrected chi connectivity index (χ0v) is 10.7. The van der Waals surface area contributed by atoms with Gasteiger partial charge in [0.1, 0.15) is 0 Å². The smallest absolute Gasteiger partial charge is 0.159 e. The Labute approximate surface area is 102 Å². The van der Waals surface area contributed by atoms with Gasteiger partial charge in [0.25, 0.3) is 0 Å². The first-order valence-electron chi connectivity index (χ1n) is 5.95. The maximum absolute atomic E-state index is 11.1. The number of Topliss-reactive ketones (excluding diaryl/α,β-unsaturated/α-hetero) is 1. The number of ketones is 1. The summed E-state index contributed by atoms with van der Waals surface area (Å²) in [7, 11) is 0. The number of benzene rings is 1. The highest BCUT2D eigenvalue weighted by Gasteiger charge is 1.99. The lowest BCUT2D eigenvalue weighted by atomic mass is 10.1. The lowest BCUT2D eigenvalue weighted by molar-refractivity contribution is 0.101. The van der Waals surface area contributed by atoms with Gasteiger partial charge in [-0.3, -0.25) is 4.79 Å². The van der Waals surface area contributed by atoms with Crippen LogP contribution in [0, 0.1) is 0 Å². The molecule has 1 rings (SSSR count). The van der Waals surface area contributed by atoms with Gasteiger partial charge in [0.2, 0.25) is 0 Å². The highest BCUT2D eigenvalue weighted by atomic mass is 16.6. The van der Waals surface area contributed by atoms with Gasteiger partial charge in [0.05, 0.1) is 5.71 Å². The summed E-state index contributed by atoms with van der Waals surface area (Å²) in [5.41, 5.74) is 1.67. The molecule has 0 heterocycles. The van der Waals surface area contributed by atoms with Crippen LogP contribution < -0.4 is 4.84 Å². The summed E-state index contributed by atoms with van der Waals surface area (Å²) in [6.07, 6.45) is 3.24. The summed E-state index contributed by atoms with van der Waals surface area (Å²) in [6, 6.07) is 7.00. The van der Waals surface area contributed by atoms with Crippen LogP contribution in [0.2, 0.25) is 0 Å². The lowest BCUT2D eigenvalue weighted by Crippen LogP contribution is -1.96. The predicted octanol–water partition coefficient (Wildman–Crippen LogP) is 3.83. The first-order chi connectivity index (χ1) is 8.13. The number of carbonyl (C=O) groups excluding carboxylic acids is 1. The average molecular weight is 233 g/mol. The van der Waals surface area contributed by atoms with Crippen LogP contribution in [0.4, 0.5) is 0 Å². The molecule has 0 bridgehead atoms. The van der Waals surface area contributed by atoms with E-state index in [0.717, 1.165) is 25.0 Å². The number of nitrogens with zero attached hydrogens (tertiary/aromatic N) is 1. The molecule has 3 heteroatoms. The molecular weight excluding hydrogens is 214 g/mol. The highest BCUT2D eigenvalue weighted by Crippen LogP contribution is 2.13. The maximum atomic E-state index is 11.1.